The Morgan fingerprint density at radius 2 is 2.07 bits per heavy atom. The summed E-state index contributed by atoms with van der Waals surface area (Å²) in [6.45, 7) is 4.58. The molecule has 3 atom stereocenters. The van der Waals surface area contributed by atoms with E-state index in [-0.39, 0.29) is 0 Å². The van der Waals surface area contributed by atoms with Crippen LogP contribution < -0.4 is 5.32 Å². The summed E-state index contributed by atoms with van der Waals surface area (Å²) in [4.78, 5) is 0. The van der Waals surface area contributed by atoms with E-state index in [1.165, 1.54) is 25.7 Å². The molecule has 90 valence electrons. The average Bonchev–Trinajstić information content (AvgIpc) is 2.20. The molecule has 1 fully saturated rings. The minimum atomic E-state index is -0.621. The van der Waals surface area contributed by atoms with Crippen LogP contribution in [0.3, 0.4) is 0 Å². The lowest BCUT2D eigenvalue weighted by Crippen LogP contribution is -2.30. The first-order valence-corrected chi connectivity index (χ1v) is 7.93. The van der Waals surface area contributed by atoms with Gasteiger partial charge in [-0.15, -0.1) is 0 Å². The standard InChI is InChI=1S/C12H25NOS/c1-11-6-3-4-7-12(11)10-13-8-5-9-15(2)14/h11-13H,3-10H2,1-2H3/t11-,12-,15+/m1/s1. The monoisotopic (exact) mass is 231 g/mol. The quantitative estimate of drug-likeness (QED) is 0.710. The summed E-state index contributed by atoms with van der Waals surface area (Å²) < 4.78 is 10.8. The van der Waals surface area contributed by atoms with Crippen LogP contribution in [0, 0.1) is 11.8 Å². The average molecular weight is 231 g/mol. The van der Waals surface area contributed by atoms with Gasteiger partial charge in [0, 0.05) is 22.8 Å². The van der Waals surface area contributed by atoms with Gasteiger partial charge in [0.05, 0.1) is 0 Å². The predicted octanol–water partition coefficient (Wildman–Crippen LogP) is 2.17. The lowest BCUT2D eigenvalue weighted by Gasteiger charge is -2.28. The minimum absolute atomic E-state index is 0.621. The molecule has 0 radical (unpaired) electrons. The first-order chi connectivity index (χ1) is 7.20. The molecule has 1 saturated carbocycles. The molecule has 1 aliphatic rings. The summed E-state index contributed by atoms with van der Waals surface area (Å²) in [6.07, 6.45) is 8.47. The third-order valence-electron chi connectivity index (χ3n) is 3.48. The maximum atomic E-state index is 10.8. The minimum Gasteiger partial charge on any atom is -0.316 e. The molecule has 0 amide bonds. The van der Waals surface area contributed by atoms with E-state index in [1.807, 2.05) is 0 Å². The summed E-state index contributed by atoms with van der Waals surface area (Å²) in [7, 11) is -0.621. The van der Waals surface area contributed by atoms with Crippen LogP contribution in [0.25, 0.3) is 0 Å². The fraction of sp³-hybridized carbons (Fsp3) is 1.00. The van der Waals surface area contributed by atoms with Crippen molar-refractivity contribution in [2.75, 3.05) is 25.1 Å². The SMILES string of the molecule is C[C@@H]1CCCC[C@@H]1CNCCC[S@](C)=O. The molecule has 15 heavy (non-hydrogen) atoms. The van der Waals surface area contributed by atoms with E-state index in [4.69, 9.17) is 0 Å². The van der Waals surface area contributed by atoms with Gasteiger partial charge in [-0.05, 0) is 37.8 Å². The Kier molecular flexibility index (Phi) is 6.50. The van der Waals surface area contributed by atoms with Gasteiger partial charge in [-0.1, -0.05) is 26.2 Å². The van der Waals surface area contributed by atoms with Crippen molar-refractivity contribution in [3.05, 3.63) is 0 Å². The van der Waals surface area contributed by atoms with Crippen molar-refractivity contribution >= 4 is 10.8 Å². The number of rotatable bonds is 6. The number of hydrogen-bond donors (Lipinski definition) is 1. The van der Waals surface area contributed by atoms with Gasteiger partial charge in [-0.25, -0.2) is 0 Å². The van der Waals surface area contributed by atoms with Crippen molar-refractivity contribution in [1.29, 1.82) is 0 Å². The molecule has 1 rings (SSSR count). The van der Waals surface area contributed by atoms with Crippen molar-refractivity contribution in [3.63, 3.8) is 0 Å². The molecule has 0 aliphatic heterocycles. The van der Waals surface area contributed by atoms with E-state index < -0.39 is 10.8 Å². The van der Waals surface area contributed by atoms with Gasteiger partial charge in [0.15, 0.2) is 0 Å². The van der Waals surface area contributed by atoms with Crippen molar-refractivity contribution in [3.8, 4) is 0 Å². The molecular weight excluding hydrogens is 206 g/mol. The largest absolute Gasteiger partial charge is 0.316 e. The molecule has 0 saturated heterocycles. The van der Waals surface area contributed by atoms with E-state index in [0.717, 1.165) is 37.1 Å². The molecule has 0 bridgehead atoms. The molecule has 0 aromatic rings. The summed E-state index contributed by atoms with van der Waals surface area (Å²) in [5.74, 6) is 2.62. The second-order valence-electron chi connectivity index (χ2n) is 4.86. The van der Waals surface area contributed by atoms with Crippen molar-refractivity contribution in [2.45, 2.75) is 39.0 Å². The van der Waals surface area contributed by atoms with E-state index in [1.54, 1.807) is 6.26 Å². The summed E-state index contributed by atoms with van der Waals surface area (Å²) in [5.41, 5.74) is 0. The molecule has 3 heteroatoms. The van der Waals surface area contributed by atoms with Crippen LogP contribution in [0.4, 0.5) is 0 Å². The van der Waals surface area contributed by atoms with E-state index in [0.29, 0.717) is 0 Å². The van der Waals surface area contributed by atoms with E-state index in [9.17, 15) is 4.21 Å². The van der Waals surface area contributed by atoms with Crippen LogP contribution in [0.1, 0.15) is 39.0 Å². The zero-order valence-electron chi connectivity index (χ0n) is 10.1. The Bertz CT molecular complexity index is 196. The molecule has 0 aromatic heterocycles. The Morgan fingerprint density at radius 1 is 1.33 bits per heavy atom. The summed E-state index contributed by atoms with van der Waals surface area (Å²) >= 11 is 0. The van der Waals surface area contributed by atoms with Crippen LogP contribution in [-0.2, 0) is 10.8 Å². The van der Waals surface area contributed by atoms with Gasteiger partial charge in [0.2, 0.25) is 0 Å². The van der Waals surface area contributed by atoms with Crippen molar-refractivity contribution < 1.29 is 4.21 Å². The first kappa shape index (κ1) is 13.2. The Hall–Kier alpha value is 0.110. The van der Waals surface area contributed by atoms with Crippen LogP contribution in [0.5, 0.6) is 0 Å². The zero-order chi connectivity index (χ0) is 11.1. The lowest BCUT2D eigenvalue weighted by atomic mass is 9.80. The third-order valence-corrected chi connectivity index (χ3v) is 4.34. The van der Waals surface area contributed by atoms with Crippen molar-refractivity contribution in [1.82, 2.24) is 5.32 Å². The van der Waals surface area contributed by atoms with Crippen molar-refractivity contribution in [2.24, 2.45) is 11.8 Å². The normalized spacial score (nSPS) is 28.9. The third kappa shape index (κ3) is 5.67. The van der Waals surface area contributed by atoms with Crippen LogP contribution in [0.15, 0.2) is 0 Å². The van der Waals surface area contributed by atoms with Gasteiger partial charge >= 0.3 is 0 Å². The molecular formula is C12H25NOS. The van der Waals surface area contributed by atoms with Gasteiger partial charge < -0.3 is 5.32 Å². The maximum Gasteiger partial charge on any atom is 0.0244 e. The lowest BCUT2D eigenvalue weighted by molar-refractivity contribution is 0.248. The molecule has 0 unspecified atom stereocenters. The molecule has 1 N–H and O–H groups in total. The topological polar surface area (TPSA) is 29.1 Å². The van der Waals surface area contributed by atoms with Gasteiger partial charge in [-0.3, -0.25) is 4.21 Å². The highest BCUT2D eigenvalue weighted by Crippen LogP contribution is 2.28. The molecule has 2 nitrogen and oxygen atoms in total. The van der Waals surface area contributed by atoms with E-state index in [2.05, 4.69) is 12.2 Å². The van der Waals surface area contributed by atoms with Crippen LogP contribution in [-0.4, -0.2) is 29.3 Å². The Balaban J connectivity index is 2.01. The fourth-order valence-corrected chi connectivity index (χ4v) is 2.94. The van der Waals surface area contributed by atoms with Gasteiger partial charge in [0.1, 0.15) is 0 Å². The number of nitrogens with one attached hydrogen (secondary N) is 1. The molecule has 0 spiro atoms. The maximum absolute atomic E-state index is 10.8. The van der Waals surface area contributed by atoms with E-state index >= 15 is 0 Å². The predicted molar refractivity (Wildman–Crippen MR) is 67.5 cm³/mol. The molecule has 0 aromatic carbocycles. The van der Waals surface area contributed by atoms with Crippen LogP contribution >= 0.6 is 0 Å². The second-order valence-corrected chi connectivity index (χ2v) is 6.41. The zero-order valence-corrected chi connectivity index (χ0v) is 10.9. The molecule has 0 heterocycles. The highest BCUT2D eigenvalue weighted by atomic mass is 32.2. The summed E-state index contributed by atoms with van der Waals surface area (Å²) in [5, 5.41) is 3.51. The van der Waals surface area contributed by atoms with Gasteiger partial charge in [-0.2, -0.15) is 0 Å². The fourth-order valence-electron chi connectivity index (χ4n) is 2.38. The highest BCUT2D eigenvalue weighted by molar-refractivity contribution is 7.84. The molecule has 1 aliphatic carbocycles. The smallest absolute Gasteiger partial charge is 0.0244 e. The first-order valence-electron chi connectivity index (χ1n) is 6.21. The van der Waals surface area contributed by atoms with Gasteiger partial charge in [0.25, 0.3) is 0 Å². The highest BCUT2D eigenvalue weighted by Gasteiger charge is 2.20. The Labute approximate surface area is 96.7 Å². The second kappa shape index (κ2) is 7.39. The van der Waals surface area contributed by atoms with Crippen LogP contribution in [0.2, 0.25) is 0 Å². The Morgan fingerprint density at radius 3 is 2.73 bits per heavy atom. The summed E-state index contributed by atoms with van der Waals surface area (Å²) in [6, 6.07) is 0. The number of hydrogen-bond acceptors (Lipinski definition) is 2.